The zero-order chi connectivity index (χ0) is 19.4. The van der Waals surface area contributed by atoms with E-state index in [0.29, 0.717) is 33.8 Å². The maximum atomic E-state index is 13.0. The SMILES string of the molecule is CCNSc1cc(C(F)(F)F)ccc1-c1ccc(-c2cnc(N)nc2)nc1. The van der Waals surface area contributed by atoms with Gasteiger partial charge in [0.05, 0.1) is 11.3 Å². The number of nitrogen functional groups attached to an aromatic ring is 1. The predicted octanol–water partition coefficient (Wildman–Crippen LogP) is 4.42. The summed E-state index contributed by atoms with van der Waals surface area (Å²) in [5.74, 6) is 0.171. The molecule has 0 radical (unpaired) electrons. The molecule has 0 amide bonds. The molecule has 5 nitrogen and oxygen atoms in total. The molecule has 3 rings (SSSR count). The Kier molecular flexibility index (Phi) is 5.62. The number of nitrogens with one attached hydrogen (secondary N) is 1. The van der Waals surface area contributed by atoms with Crippen LogP contribution in [0.1, 0.15) is 12.5 Å². The number of pyridine rings is 1. The van der Waals surface area contributed by atoms with Gasteiger partial charge in [-0.2, -0.15) is 13.2 Å². The quantitative estimate of drug-likeness (QED) is 0.627. The molecule has 3 N–H and O–H groups in total. The molecule has 0 saturated heterocycles. The minimum atomic E-state index is -4.39. The van der Waals surface area contributed by atoms with Gasteiger partial charge in [-0.25, -0.2) is 9.97 Å². The lowest BCUT2D eigenvalue weighted by Gasteiger charge is -2.13. The molecule has 0 aliphatic rings. The number of nitrogens with zero attached hydrogens (tertiary/aromatic N) is 3. The van der Waals surface area contributed by atoms with Gasteiger partial charge in [0.2, 0.25) is 5.95 Å². The molecule has 3 aromatic rings. The largest absolute Gasteiger partial charge is 0.416 e. The molecular weight excluding hydrogens is 375 g/mol. The third-order valence-corrected chi connectivity index (χ3v) is 4.67. The van der Waals surface area contributed by atoms with E-state index in [2.05, 4.69) is 19.7 Å². The van der Waals surface area contributed by atoms with Gasteiger partial charge >= 0.3 is 6.18 Å². The number of rotatable bonds is 5. The Bertz CT molecular complexity index is 912. The van der Waals surface area contributed by atoms with Crippen molar-refractivity contribution >= 4 is 17.9 Å². The second-order valence-electron chi connectivity index (χ2n) is 5.57. The minimum Gasteiger partial charge on any atom is -0.368 e. The fourth-order valence-corrected chi connectivity index (χ4v) is 3.15. The zero-order valence-electron chi connectivity index (χ0n) is 14.3. The lowest BCUT2D eigenvalue weighted by molar-refractivity contribution is -0.137. The van der Waals surface area contributed by atoms with Crippen molar-refractivity contribution in [3.8, 4) is 22.4 Å². The smallest absolute Gasteiger partial charge is 0.368 e. The third kappa shape index (κ3) is 4.55. The Labute approximate surface area is 158 Å². The van der Waals surface area contributed by atoms with E-state index in [9.17, 15) is 13.2 Å². The highest BCUT2D eigenvalue weighted by molar-refractivity contribution is 7.97. The van der Waals surface area contributed by atoms with Crippen LogP contribution in [0.2, 0.25) is 0 Å². The van der Waals surface area contributed by atoms with Crippen LogP contribution in [0.5, 0.6) is 0 Å². The van der Waals surface area contributed by atoms with Crippen LogP contribution >= 0.6 is 11.9 Å². The van der Waals surface area contributed by atoms with Crippen LogP contribution in [0.25, 0.3) is 22.4 Å². The first kappa shape index (κ1) is 19.1. The van der Waals surface area contributed by atoms with Crippen molar-refractivity contribution in [1.29, 1.82) is 0 Å². The molecule has 0 atom stereocenters. The third-order valence-electron chi connectivity index (χ3n) is 3.68. The van der Waals surface area contributed by atoms with E-state index in [1.165, 1.54) is 6.07 Å². The van der Waals surface area contributed by atoms with Crippen molar-refractivity contribution in [3.05, 3.63) is 54.5 Å². The number of nitrogens with two attached hydrogens (primary N) is 1. The Balaban J connectivity index is 1.95. The Morgan fingerprint density at radius 3 is 2.30 bits per heavy atom. The highest BCUT2D eigenvalue weighted by Crippen LogP contribution is 2.37. The summed E-state index contributed by atoms with van der Waals surface area (Å²) in [5.41, 5.74) is 7.51. The number of aromatic nitrogens is 3. The monoisotopic (exact) mass is 391 g/mol. The van der Waals surface area contributed by atoms with E-state index in [0.717, 1.165) is 24.1 Å². The number of halogens is 3. The lowest BCUT2D eigenvalue weighted by Crippen LogP contribution is -2.07. The fraction of sp³-hybridized carbons (Fsp3) is 0.167. The molecule has 0 aliphatic heterocycles. The summed E-state index contributed by atoms with van der Waals surface area (Å²) >= 11 is 1.16. The van der Waals surface area contributed by atoms with Gasteiger partial charge in [0.15, 0.2) is 0 Å². The molecule has 0 bridgehead atoms. The number of benzene rings is 1. The highest BCUT2D eigenvalue weighted by Gasteiger charge is 2.31. The summed E-state index contributed by atoms with van der Waals surface area (Å²) in [7, 11) is 0. The van der Waals surface area contributed by atoms with Gasteiger partial charge in [0, 0.05) is 41.2 Å². The first-order chi connectivity index (χ1) is 12.9. The average Bonchev–Trinajstić information content (AvgIpc) is 2.66. The molecule has 0 unspecified atom stereocenters. The van der Waals surface area contributed by atoms with Crippen molar-refractivity contribution in [3.63, 3.8) is 0 Å². The molecule has 140 valence electrons. The summed E-state index contributed by atoms with van der Waals surface area (Å²) in [6.07, 6.45) is 0.353. The van der Waals surface area contributed by atoms with Crippen LogP contribution in [0.15, 0.2) is 53.8 Å². The molecule has 0 fully saturated rings. The zero-order valence-corrected chi connectivity index (χ0v) is 15.1. The van der Waals surface area contributed by atoms with Gasteiger partial charge in [0.25, 0.3) is 0 Å². The standard InChI is InChI=1S/C18H16F3N5S/c1-2-26-27-16-7-13(18(19,20)21)4-5-14(16)11-3-6-15(23-8-11)12-9-24-17(22)25-10-12/h3-10,26H,2H2,1H3,(H2,22,24,25). The van der Waals surface area contributed by atoms with E-state index >= 15 is 0 Å². The molecule has 2 aromatic heterocycles. The van der Waals surface area contributed by atoms with E-state index < -0.39 is 11.7 Å². The van der Waals surface area contributed by atoms with Crippen LogP contribution in [0.3, 0.4) is 0 Å². The van der Waals surface area contributed by atoms with Crippen LogP contribution in [-0.4, -0.2) is 21.5 Å². The predicted molar refractivity (Wildman–Crippen MR) is 99.6 cm³/mol. The van der Waals surface area contributed by atoms with Crippen molar-refractivity contribution in [2.24, 2.45) is 0 Å². The summed E-state index contributed by atoms with van der Waals surface area (Å²) in [6.45, 7) is 2.50. The van der Waals surface area contributed by atoms with Crippen LogP contribution in [-0.2, 0) is 6.18 Å². The summed E-state index contributed by atoms with van der Waals surface area (Å²) < 4.78 is 42.1. The molecule has 0 spiro atoms. The maximum Gasteiger partial charge on any atom is 0.416 e. The Hall–Kier alpha value is -2.65. The van der Waals surface area contributed by atoms with Gasteiger partial charge in [0.1, 0.15) is 0 Å². The van der Waals surface area contributed by atoms with Gasteiger partial charge in [-0.1, -0.05) is 19.1 Å². The van der Waals surface area contributed by atoms with Crippen molar-refractivity contribution in [1.82, 2.24) is 19.7 Å². The van der Waals surface area contributed by atoms with Crippen LogP contribution in [0.4, 0.5) is 19.1 Å². The molecule has 0 saturated carbocycles. The number of alkyl halides is 3. The van der Waals surface area contributed by atoms with E-state index in [-0.39, 0.29) is 5.95 Å². The normalized spacial score (nSPS) is 11.6. The van der Waals surface area contributed by atoms with Crippen LogP contribution in [0, 0.1) is 0 Å². The topological polar surface area (TPSA) is 76.7 Å². The molecule has 2 heterocycles. The Morgan fingerprint density at radius 1 is 1.00 bits per heavy atom. The van der Waals surface area contributed by atoms with Crippen molar-refractivity contribution < 1.29 is 13.2 Å². The maximum absolute atomic E-state index is 13.0. The summed E-state index contributed by atoms with van der Waals surface area (Å²) in [4.78, 5) is 12.7. The lowest BCUT2D eigenvalue weighted by atomic mass is 10.0. The highest BCUT2D eigenvalue weighted by atomic mass is 32.2. The van der Waals surface area contributed by atoms with Gasteiger partial charge in [-0.15, -0.1) is 0 Å². The molecular formula is C18H16F3N5S. The van der Waals surface area contributed by atoms with Gasteiger partial charge < -0.3 is 5.73 Å². The summed E-state index contributed by atoms with van der Waals surface area (Å²) in [6, 6.07) is 7.25. The Morgan fingerprint density at radius 2 is 1.70 bits per heavy atom. The first-order valence-electron chi connectivity index (χ1n) is 8.03. The number of hydrogen-bond donors (Lipinski definition) is 2. The number of hydrogen-bond acceptors (Lipinski definition) is 6. The first-order valence-corrected chi connectivity index (χ1v) is 8.85. The van der Waals surface area contributed by atoms with E-state index in [1.54, 1.807) is 30.7 Å². The summed E-state index contributed by atoms with van der Waals surface area (Å²) in [5, 5.41) is 0. The van der Waals surface area contributed by atoms with Crippen LogP contribution < -0.4 is 10.5 Å². The van der Waals surface area contributed by atoms with Gasteiger partial charge in [-0.3, -0.25) is 9.71 Å². The van der Waals surface area contributed by atoms with Crippen molar-refractivity contribution in [2.45, 2.75) is 18.0 Å². The average molecular weight is 391 g/mol. The minimum absolute atomic E-state index is 0.171. The molecule has 27 heavy (non-hydrogen) atoms. The molecule has 9 heteroatoms. The second-order valence-corrected chi connectivity index (χ2v) is 6.50. The molecule has 0 aliphatic carbocycles. The van der Waals surface area contributed by atoms with Crippen molar-refractivity contribution in [2.75, 3.05) is 12.3 Å². The fourth-order valence-electron chi connectivity index (χ4n) is 2.37. The van der Waals surface area contributed by atoms with E-state index in [1.807, 2.05) is 6.92 Å². The number of anilines is 1. The van der Waals surface area contributed by atoms with E-state index in [4.69, 9.17) is 5.73 Å². The molecule has 1 aromatic carbocycles. The van der Waals surface area contributed by atoms with Gasteiger partial charge in [-0.05, 0) is 35.7 Å². The second kappa shape index (κ2) is 7.93.